The van der Waals surface area contributed by atoms with Gasteiger partial charge in [-0.1, -0.05) is 51.4 Å². The van der Waals surface area contributed by atoms with E-state index in [9.17, 15) is 0 Å². The van der Waals surface area contributed by atoms with Gasteiger partial charge in [0.1, 0.15) is 0 Å². The zero-order chi connectivity index (χ0) is 10.9. The average Bonchev–Trinajstić information content (AvgIpc) is 2.52. The summed E-state index contributed by atoms with van der Waals surface area (Å²) in [5, 5.41) is 3.45. The van der Waals surface area contributed by atoms with Gasteiger partial charge in [-0.05, 0) is 25.3 Å². The lowest BCUT2D eigenvalue weighted by Gasteiger charge is -2.19. The van der Waals surface area contributed by atoms with Gasteiger partial charge >= 0.3 is 0 Å². The highest BCUT2D eigenvalue weighted by Crippen LogP contribution is 2.26. The zero-order valence-electron chi connectivity index (χ0n) is 10.1. The van der Waals surface area contributed by atoms with E-state index in [0.29, 0.717) is 6.04 Å². The van der Waals surface area contributed by atoms with Crippen molar-refractivity contribution in [3.8, 4) is 12.3 Å². The Labute approximate surface area is 95.0 Å². The van der Waals surface area contributed by atoms with E-state index >= 15 is 0 Å². The zero-order valence-corrected chi connectivity index (χ0v) is 10.1. The summed E-state index contributed by atoms with van der Waals surface area (Å²) in [4.78, 5) is 0. The standard InChI is InChI=1S/C14H25N/c1-3-11-15-14(4-2)12-13-9-7-5-6-8-10-13/h2,13-15H,3,5-12H2,1H3. The van der Waals surface area contributed by atoms with E-state index < -0.39 is 0 Å². The fourth-order valence-electron chi connectivity index (χ4n) is 2.46. The van der Waals surface area contributed by atoms with Crippen molar-refractivity contribution in [2.45, 2.75) is 64.3 Å². The van der Waals surface area contributed by atoms with Crippen molar-refractivity contribution < 1.29 is 0 Å². The predicted octanol–water partition coefficient (Wildman–Crippen LogP) is 3.35. The molecule has 0 spiro atoms. The third-order valence-electron chi connectivity index (χ3n) is 3.39. The highest BCUT2D eigenvalue weighted by Gasteiger charge is 2.16. The Morgan fingerprint density at radius 2 is 1.93 bits per heavy atom. The summed E-state index contributed by atoms with van der Waals surface area (Å²) in [7, 11) is 0. The van der Waals surface area contributed by atoms with Gasteiger partial charge in [-0.25, -0.2) is 0 Å². The number of nitrogens with one attached hydrogen (secondary N) is 1. The van der Waals surface area contributed by atoms with Crippen molar-refractivity contribution in [3.05, 3.63) is 0 Å². The van der Waals surface area contributed by atoms with Crippen molar-refractivity contribution in [3.63, 3.8) is 0 Å². The summed E-state index contributed by atoms with van der Waals surface area (Å²) in [5.74, 6) is 3.77. The monoisotopic (exact) mass is 207 g/mol. The maximum absolute atomic E-state index is 5.56. The van der Waals surface area contributed by atoms with Crippen LogP contribution in [0.25, 0.3) is 0 Å². The van der Waals surface area contributed by atoms with Crippen LogP contribution in [0.4, 0.5) is 0 Å². The Hall–Kier alpha value is -0.480. The molecule has 0 heterocycles. The number of hydrogen-bond donors (Lipinski definition) is 1. The van der Waals surface area contributed by atoms with Crippen LogP contribution < -0.4 is 5.32 Å². The molecule has 1 unspecified atom stereocenters. The lowest BCUT2D eigenvalue weighted by atomic mass is 9.93. The minimum absolute atomic E-state index is 0.313. The lowest BCUT2D eigenvalue weighted by Crippen LogP contribution is -2.30. The van der Waals surface area contributed by atoms with Gasteiger partial charge < -0.3 is 5.32 Å². The van der Waals surface area contributed by atoms with E-state index in [4.69, 9.17) is 6.42 Å². The molecular formula is C14H25N. The molecule has 0 aliphatic heterocycles. The Morgan fingerprint density at radius 1 is 1.27 bits per heavy atom. The molecule has 0 saturated heterocycles. The van der Waals surface area contributed by atoms with E-state index in [0.717, 1.165) is 12.5 Å². The lowest BCUT2D eigenvalue weighted by molar-refractivity contribution is 0.387. The van der Waals surface area contributed by atoms with Crippen LogP contribution in [-0.4, -0.2) is 12.6 Å². The molecule has 0 amide bonds. The van der Waals surface area contributed by atoms with Crippen molar-refractivity contribution in [2.24, 2.45) is 5.92 Å². The van der Waals surface area contributed by atoms with Crippen LogP contribution >= 0.6 is 0 Å². The first-order valence-corrected chi connectivity index (χ1v) is 6.56. The Bertz CT molecular complexity index is 184. The quantitative estimate of drug-likeness (QED) is 0.538. The molecule has 0 radical (unpaired) electrons. The molecular weight excluding hydrogens is 182 g/mol. The molecule has 1 fully saturated rings. The second-order valence-corrected chi connectivity index (χ2v) is 4.77. The van der Waals surface area contributed by atoms with Gasteiger partial charge in [0.2, 0.25) is 0 Å². The Morgan fingerprint density at radius 3 is 2.47 bits per heavy atom. The van der Waals surface area contributed by atoms with E-state index in [1.165, 1.54) is 51.4 Å². The first-order chi connectivity index (χ1) is 7.36. The summed E-state index contributed by atoms with van der Waals surface area (Å²) in [6, 6.07) is 0.313. The Kier molecular flexibility index (Phi) is 6.52. The van der Waals surface area contributed by atoms with Crippen LogP contribution in [-0.2, 0) is 0 Å². The SMILES string of the molecule is C#CC(CC1CCCCCC1)NCCC. The van der Waals surface area contributed by atoms with Gasteiger partial charge in [-0.15, -0.1) is 6.42 Å². The van der Waals surface area contributed by atoms with Gasteiger partial charge in [0.25, 0.3) is 0 Å². The number of hydrogen-bond acceptors (Lipinski definition) is 1. The molecule has 0 aromatic rings. The van der Waals surface area contributed by atoms with Crippen LogP contribution in [0.1, 0.15) is 58.3 Å². The summed E-state index contributed by atoms with van der Waals surface area (Å²) in [6.45, 7) is 3.24. The topological polar surface area (TPSA) is 12.0 Å². The molecule has 86 valence electrons. The smallest absolute Gasteiger partial charge is 0.0689 e. The third kappa shape index (κ3) is 5.23. The largest absolute Gasteiger partial charge is 0.304 e. The van der Waals surface area contributed by atoms with Gasteiger partial charge in [-0.3, -0.25) is 0 Å². The molecule has 0 bridgehead atoms. The molecule has 1 atom stereocenters. The molecule has 1 N–H and O–H groups in total. The summed E-state index contributed by atoms with van der Waals surface area (Å²) >= 11 is 0. The summed E-state index contributed by atoms with van der Waals surface area (Å²) in [6.07, 6.45) is 16.4. The molecule has 1 saturated carbocycles. The first kappa shape index (κ1) is 12.6. The molecule has 0 aromatic carbocycles. The normalized spacial score (nSPS) is 20.5. The fraction of sp³-hybridized carbons (Fsp3) is 0.857. The minimum Gasteiger partial charge on any atom is -0.304 e. The highest BCUT2D eigenvalue weighted by atomic mass is 14.9. The molecule has 1 rings (SSSR count). The summed E-state index contributed by atoms with van der Waals surface area (Å²) < 4.78 is 0. The maximum Gasteiger partial charge on any atom is 0.0689 e. The van der Waals surface area contributed by atoms with Crippen molar-refractivity contribution >= 4 is 0 Å². The average molecular weight is 207 g/mol. The van der Waals surface area contributed by atoms with Crippen LogP contribution in [0.15, 0.2) is 0 Å². The van der Waals surface area contributed by atoms with E-state index in [1.807, 2.05) is 0 Å². The van der Waals surface area contributed by atoms with Crippen LogP contribution in [0.2, 0.25) is 0 Å². The van der Waals surface area contributed by atoms with Crippen LogP contribution in [0, 0.1) is 18.3 Å². The number of terminal acetylenes is 1. The Balaban J connectivity index is 2.26. The van der Waals surface area contributed by atoms with Gasteiger partial charge in [0, 0.05) is 0 Å². The van der Waals surface area contributed by atoms with Gasteiger partial charge in [-0.2, -0.15) is 0 Å². The van der Waals surface area contributed by atoms with E-state index in [2.05, 4.69) is 18.2 Å². The van der Waals surface area contributed by atoms with Crippen molar-refractivity contribution in [1.82, 2.24) is 5.32 Å². The molecule has 15 heavy (non-hydrogen) atoms. The molecule has 1 aliphatic rings. The van der Waals surface area contributed by atoms with Crippen LogP contribution in [0.5, 0.6) is 0 Å². The van der Waals surface area contributed by atoms with Crippen LogP contribution in [0.3, 0.4) is 0 Å². The highest BCUT2D eigenvalue weighted by molar-refractivity contribution is 4.99. The fourth-order valence-corrected chi connectivity index (χ4v) is 2.46. The van der Waals surface area contributed by atoms with Crippen molar-refractivity contribution in [2.75, 3.05) is 6.54 Å². The second kappa shape index (κ2) is 7.77. The second-order valence-electron chi connectivity index (χ2n) is 4.77. The first-order valence-electron chi connectivity index (χ1n) is 6.56. The summed E-state index contributed by atoms with van der Waals surface area (Å²) in [5.41, 5.74) is 0. The third-order valence-corrected chi connectivity index (χ3v) is 3.39. The molecule has 0 aromatic heterocycles. The van der Waals surface area contributed by atoms with Gasteiger partial charge in [0.05, 0.1) is 6.04 Å². The van der Waals surface area contributed by atoms with E-state index in [-0.39, 0.29) is 0 Å². The molecule has 1 aliphatic carbocycles. The minimum atomic E-state index is 0.313. The van der Waals surface area contributed by atoms with E-state index in [1.54, 1.807) is 0 Å². The molecule has 1 heteroatoms. The number of rotatable bonds is 5. The van der Waals surface area contributed by atoms with Crippen molar-refractivity contribution in [1.29, 1.82) is 0 Å². The molecule has 1 nitrogen and oxygen atoms in total. The van der Waals surface area contributed by atoms with Gasteiger partial charge in [0.15, 0.2) is 0 Å². The predicted molar refractivity (Wildman–Crippen MR) is 66.7 cm³/mol. The maximum atomic E-state index is 5.56.